The number of carbonyl (C=O) groups is 1. The molecule has 4 aromatic carbocycles. The fourth-order valence-corrected chi connectivity index (χ4v) is 7.03. The minimum atomic E-state index is -0.784. The Hall–Kier alpha value is -3.66. The van der Waals surface area contributed by atoms with Crippen LogP contribution in [0, 0.1) is 0 Å². The van der Waals surface area contributed by atoms with Crippen LogP contribution in [0.4, 0.5) is 0 Å². The van der Waals surface area contributed by atoms with Crippen molar-refractivity contribution in [3.8, 4) is 5.75 Å². The van der Waals surface area contributed by atoms with Crippen LogP contribution in [0.1, 0.15) is 35.2 Å². The van der Waals surface area contributed by atoms with Crippen molar-refractivity contribution in [2.75, 3.05) is 6.61 Å². The van der Waals surface area contributed by atoms with Crippen LogP contribution in [0.3, 0.4) is 0 Å². The lowest BCUT2D eigenvalue weighted by molar-refractivity contribution is -0.138. The van der Waals surface area contributed by atoms with Crippen LogP contribution in [0.5, 0.6) is 5.75 Å². The number of esters is 1. The fourth-order valence-electron chi connectivity index (χ4n) is 5.07. The molecule has 0 bridgehead atoms. The molecule has 5 aromatic rings. The van der Waals surface area contributed by atoms with E-state index in [0.29, 0.717) is 52.5 Å². The van der Waals surface area contributed by atoms with E-state index in [1.165, 1.54) is 11.3 Å². The normalized spacial score (nSPS) is 14.5. The number of carbonyl (C=O) groups excluding carboxylic acids is 1. The van der Waals surface area contributed by atoms with Crippen LogP contribution in [-0.2, 0) is 16.1 Å². The van der Waals surface area contributed by atoms with Crippen molar-refractivity contribution in [3.63, 3.8) is 0 Å². The summed E-state index contributed by atoms with van der Waals surface area (Å²) in [4.78, 5) is 33.0. The summed E-state index contributed by atoms with van der Waals surface area (Å²) in [6.07, 6.45) is 1.80. The number of rotatable bonds is 8. The smallest absolute Gasteiger partial charge is 0.338 e. The highest BCUT2D eigenvalue weighted by molar-refractivity contribution is 9.10. The molecule has 1 aliphatic heterocycles. The van der Waals surface area contributed by atoms with E-state index in [2.05, 4.69) is 15.9 Å². The second kappa shape index (κ2) is 14.0. The van der Waals surface area contributed by atoms with Gasteiger partial charge in [-0.2, -0.15) is 0 Å². The fraction of sp³-hybridized carbons (Fsp3) is 0.114. The van der Waals surface area contributed by atoms with Crippen molar-refractivity contribution in [1.29, 1.82) is 0 Å². The molecule has 0 fully saturated rings. The zero-order valence-electron chi connectivity index (χ0n) is 24.2. The first-order valence-corrected chi connectivity index (χ1v) is 16.9. The van der Waals surface area contributed by atoms with Gasteiger partial charge in [-0.3, -0.25) is 9.36 Å². The first kappa shape index (κ1) is 32.3. The Bertz CT molecular complexity index is 2160. The maximum absolute atomic E-state index is 14.1. The number of fused-ring (bicyclic) bond motifs is 1. The van der Waals surface area contributed by atoms with E-state index < -0.39 is 12.0 Å². The van der Waals surface area contributed by atoms with Crippen molar-refractivity contribution in [3.05, 3.63) is 158 Å². The number of thiazole rings is 1. The Labute approximate surface area is 291 Å². The summed E-state index contributed by atoms with van der Waals surface area (Å²) < 4.78 is 14.2. The molecule has 6 nitrogen and oxygen atoms in total. The number of nitrogens with zero attached hydrogens (tertiary/aromatic N) is 2. The van der Waals surface area contributed by atoms with Gasteiger partial charge in [-0.1, -0.05) is 101 Å². The van der Waals surface area contributed by atoms with Gasteiger partial charge in [0.1, 0.15) is 12.4 Å². The Balaban J connectivity index is 1.43. The second-order valence-corrected chi connectivity index (χ2v) is 13.3. The summed E-state index contributed by atoms with van der Waals surface area (Å²) in [7, 11) is 0. The third-order valence-corrected chi connectivity index (χ3v) is 9.79. The molecular weight excluding hydrogens is 731 g/mol. The maximum atomic E-state index is 14.1. The molecule has 46 heavy (non-hydrogen) atoms. The minimum Gasteiger partial charge on any atom is -0.488 e. The largest absolute Gasteiger partial charge is 0.488 e. The molecule has 1 aromatic heterocycles. The van der Waals surface area contributed by atoms with Gasteiger partial charge in [-0.15, -0.1) is 0 Å². The van der Waals surface area contributed by atoms with Crippen molar-refractivity contribution in [2.45, 2.75) is 19.6 Å². The molecule has 0 saturated heterocycles. The number of aromatic nitrogens is 1. The van der Waals surface area contributed by atoms with E-state index in [-0.39, 0.29) is 17.7 Å². The molecule has 1 aliphatic rings. The van der Waals surface area contributed by atoms with E-state index >= 15 is 0 Å². The van der Waals surface area contributed by atoms with Gasteiger partial charge < -0.3 is 9.47 Å². The summed E-state index contributed by atoms with van der Waals surface area (Å²) in [5, 5.41) is 1.48. The van der Waals surface area contributed by atoms with Crippen LogP contribution < -0.4 is 19.6 Å². The number of hydrogen-bond acceptors (Lipinski definition) is 6. The summed E-state index contributed by atoms with van der Waals surface area (Å²) in [6.45, 7) is 2.21. The summed E-state index contributed by atoms with van der Waals surface area (Å²) in [6, 6.07) is 26.6. The van der Waals surface area contributed by atoms with Gasteiger partial charge in [-0.05, 0) is 82.0 Å². The molecule has 0 aliphatic carbocycles. The summed E-state index contributed by atoms with van der Waals surface area (Å²) in [5.74, 6) is 0.0822. The third kappa shape index (κ3) is 6.73. The predicted octanol–water partition coefficient (Wildman–Crippen LogP) is 8.24. The zero-order valence-corrected chi connectivity index (χ0v) is 28.8. The second-order valence-electron chi connectivity index (χ2n) is 10.2. The first-order chi connectivity index (χ1) is 22.2. The lowest BCUT2D eigenvalue weighted by Crippen LogP contribution is -2.40. The number of benzene rings is 4. The van der Waals surface area contributed by atoms with Crippen LogP contribution in [-0.4, -0.2) is 17.1 Å². The number of halogens is 4. The lowest BCUT2D eigenvalue weighted by Gasteiger charge is -2.25. The molecule has 1 atom stereocenters. The Morgan fingerprint density at radius 3 is 2.43 bits per heavy atom. The van der Waals surface area contributed by atoms with Crippen LogP contribution in [0.15, 0.2) is 111 Å². The van der Waals surface area contributed by atoms with Crippen LogP contribution >= 0.6 is 62.1 Å². The first-order valence-electron chi connectivity index (χ1n) is 14.1. The molecule has 0 amide bonds. The van der Waals surface area contributed by atoms with Gasteiger partial charge >= 0.3 is 5.97 Å². The summed E-state index contributed by atoms with van der Waals surface area (Å²) >= 11 is 23.2. The van der Waals surface area contributed by atoms with Crippen molar-refractivity contribution < 1.29 is 14.3 Å². The van der Waals surface area contributed by atoms with Crippen molar-refractivity contribution in [1.82, 2.24) is 4.57 Å². The quantitative estimate of drug-likeness (QED) is 0.150. The van der Waals surface area contributed by atoms with Gasteiger partial charge in [0.25, 0.3) is 5.56 Å². The molecule has 0 radical (unpaired) electrons. The van der Waals surface area contributed by atoms with E-state index in [1.807, 2.05) is 66.7 Å². The van der Waals surface area contributed by atoms with E-state index in [4.69, 9.17) is 49.3 Å². The number of hydrogen-bond donors (Lipinski definition) is 0. The molecule has 232 valence electrons. The molecule has 2 heterocycles. The average Bonchev–Trinajstić information content (AvgIpc) is 3.36. The Morgan fingerprint density at radius 2 is 1.74 bits per heavy atom. The molecule has 0 spiro atoms. The molecule has 0 unspecified atom stereocenters. The highest BCUT2D eigenvalue weighted by Gasteiger charge is 2.35. The molecule has 6 rings (SSSR count). The average molecular weight is 755 g/mol. The van der Waals surface area contributed by atoms with Gasteiger partial charge in [0.15, 0.2) is 4.80 Å². The number of ether oxygens (including phenoxy) is 2. The van der Waals surface area contributed by atoms with Crippen molar-refractivity contribution in [2.24, 2.45) is 4.99 Å². The maximum Gasteiger partial charge on any atom is 0.338 e. The minimum absolute atomic E-state index is 0.171. The highest BCUT2D eigenvalue weighted by atomic mass is 79.9. The molecule has 0 saturated carbocycles. The van der Waals surface area contributed by atoms with Crippen LogP contribution in [0.25, 0.3) is 11.8 Å². The zero-order chi connectivity index (χ0) is 32.4. The van der Waals surface area contributed by atoms with E-state index in [1.54, 1.807) is 41.8 Å². The van der Waals surface area contributed by atoms with E-state index in [9.17, 15) is 9.59 Å². The lowest BCUT2D eigenvalue weighted by atomic mass is 9.93. The molecule has 0 N–H and O–H groups in total. The van der Waals surface area contributed by atoms with Gasteiger partial charge in [-0.25, -0.2) is 9.79 Å². The standard InChI is InChI=1S/C35H24BrCl3N2O4S/c1-2-44-34(43)30-31(22-6-4-3-5-7-22)40-35-41(32(30)23-10-12-24(37)13-11-23)33(42)29(46-35)18-20-9-15-28(25(36)16-20)45-19-21-8-14-26(38)27(39)17-21/h3-18,32H,2,19H2,1H3/b29-18-/t32-/m1/s1. The highest BCUT2D eigenvalue weighted by Crippen LogP contribution is 2.35. The third-order valence-electron chi connectivity index (χ3n) is 7.19. The monoisotopic (exact) mass is 752 g/mol. The van der Waals surface area contributed by atoms with Gasteiger partial charge in [0, 0.05) is 10.6 Å². The summed E-state index contributed by atoms with van der Waals surface area (Å²) in [5.41, 5.74) is 3.54. The SMILES string of the molecule is CCOC(=O)C1=C(c2ccccc2)N=c2s/c(=C\c3ccc(OCc4ccc(Cl)c(Cl)c4)c(Br)c3)c(=O)n2[C@@H]1c1ccc(Cl)cc1. The van der Waals surface area contributed by atoms with Crippen molar-refractivity contribution >= 4 is 79.8 Å². The van der Waals surface area contributed by atoms with Gasteiger partial charge in [0.05, 0.1) is 43.0 Å². The molecular formula is C35H24BrCl3N2O4S. The van der Waals surface area contributed by atoms with E-state index in [0.717, 1.165) is 16.7 Å². The predicted molar refractivity (Wildman–Crippen MR) is 187 cm³/mol. The Morgan fingerprint density at radius 1 is 0.978 bits per heavy atom. The topological polar surface area (TPSA) is 69.9 Å². The molecule has 11 heteroatoms. The Kier molecular flexibility index (Phi) is 9.82. The van der Waals surface area contributed by atoms with Gasteiger partial charge in [0.2, 0.25) is 0 Å². The van der Waals surface area contributed by atoms with Crippen LogP contribution in [0.2, 0.25) is 15.1 Å².